The van der Waals surface area contributed by atoms with E-state index in [0.29, 0.717) is 5.92 Å². The first-order valence-electron chi connectivity index (χ1n) is 9.92. The van der Waals surface area contributed by atoms with Crippen molar-refractivity contribution in [3.8, 4) is 11.3 Å². The second kappa shape index (κ2) is 11.8. The molecule has 3 nitrogen and oxygen atoms in total. The quantitative estimate of drug-likeness (QED) is 0.216. The van der Waals surface area contributed by atoms with Gasteiger partial charge in [0.2, 0.25) is 0 Å². The van der Waals surface area contributed by atoms with Crippen molar-refractivity contribution in [3.63, 3.8) is 0 Å². The van der Waals surface area contributed by atoms with Crippen LogP contribution in [0.3, 0.4) is 0 Å². The average Bonchev–Trinajstić information content (AvgIpc) is 2.59. The summed E-state index contributed by atoms with van der Waals surface area (Å²) in [5, 5.41) is 10.8. The second-order valence-electron chi connectivity index (χ2n) is 7.96. The Morgan fingerprint density at radius 3 is 2.37 bits per heavy atom. The fourth-order valence-corrected chi connectivity index (χ4v) is 3.36. The maximum absolute atomic E-state index is 10.0. The van der Waals surface area contributed by atoms with E-state index >= 15 is 0 Å². The van der Waals surface area contributed by atoms with Crippen LogP contribution in [0, 0.1) is 25.8 Å². The van der Waals surface area contributed by atoms with E-state index in [9.17, 15) is 4.79 Å². The van der Waals surface area contributed by atoms with E-state index in [1.54, 1.807) is 0 Å². The molecule has 0 amide bonds. The topological polar surface area (TPSA) is 50.2 Å². The van der Waals surface area contributed by atoms with Gasteiger partial charge in [-0.05, 0) is 54.3 Å². The van der Waals surface area contributed by atoms with E-state index in [1.807, 2.05) is 6.20 Å². The van der Waals surface area contributed by atoms with Crippen LogP contribution in [0.25, 0.3) is 22.0 Å². The summed E-state index contributed by atoms with van der Waals surface area (Å²) in [5.74, 6) is 0.610. The monoisotopic (exact) mass is 581 g/mol. The van der Waals surface area contributed by atoms with Gasteiger partial charge in [-0.25, -0.2) is 0 Å². The number of rotatable bonds is 4. The third kappa shape index (κ3) is 7.85. The van der Waals surface area contributed by atoms with E-state index in [4.69, 9.17) is 5.11 Å². The number of allylic oxidation sites excluding steroid dienone is 2. The molecule has 30 heavy (non-hydrogen) atoms. The van der Waals surface area contributed by atoms with Gasteiger partial charge in [-0.1, -0.05) is 45.9 Å². The first-order valence-corrected chi connectivity index (χ1v) is 9.92. The maximum atomic E-state index is 10.0. The molecular weight excluding hydrogens is 551 g/mol. The van der Waals surface area contributed by atoms with Crippen molar-refractivity contribution >= 4 is 16.6 Å². The molecule has 3 aromatic rings. The summed E-state index contributed by atoms with van der Waals surface area (Å²) in [6, 6.07) is 16.6. The number of carbonyl (C=O) groups is 1. The number of fused-ring (bicyclic) bond motifs is 1. The molecule has 0 aliphatic rings. The van der Waals surface area contributed by atoms with Gasteiger partial charge in [0.05, 0.1) is 5.76 Å². The van der Waals surface area contributed by atoms with Crippen molar-refractivity contribution in [3.05, 3.63) is 77.2 Å². The van der Waals surface area contributed by atoms with Crippen molar-refractivity contribution in [1.82, 2.24) is 4.98 Å². The number of aliphatic hydroxyl groups is 1. The maximum Gasteiger partial charge on any atom is 0.155 e. The number of benzene rings is 2. The molecule has 1 aromatic heterocycles. The van der Waals surface area contributed by atoms with Crippen LogP contribution in [0.15, 0.2) is 54.4 Å². The van der Waals surface area contributed by atoms with Gasteiger partial charge in [0.15, 0.2) is 5.78 Å². The molecular formula is C26H30IrNO2-. The van der Waals surface area contributed by atoms with Gasteiger partial charge in [0.1, 0.15) is 0 Å². The Balaban J connectivity index is 0.000000489. The van der Waals surface area contributed by atoms with Gasteiger partial charge < -0.3 is 10.1 Å². The number of carbonyl (C=O) groups excluding carboxylic acids is 1. The zero-order valence-corrected chi connectivity index (χ0v) is 20.9. The molecule has 0 fully saturated rings. The van der Waals surface area contributed by atoms with Gasteiger partial charge in [-0.15, -0.1) is 34.9 Å². The van der Waals surface area contributed by atoms with Gasteiger partial charge in [0, 0.05) is 32.4 Å². The summed E-state index contributed by atoms with van der Waals surface area (Å²) in [6.45, 7) is 11.6. The Morgan fingerprint density at radius 2 is 1.83 bits per heavy atom. The van der Waals surface area contributed by atoms with E-state index in [-0.39, 0.29) is 31.6 Å². The molecule has 161 valence electrons. The number of aromatic nitrogens is 1. The SMILES string of the molecule is CC(=O)/C=C(/C)O.Cc1[c-]c(-c2nccc3cc(CC(C)C)ccc23)cc(C)c1.[Ir]. The third-order valence-corrected chi connectivity index (χ3v) is 4.29. The zero-order valence-electron chi connectivity index (χ0n) is 18.5. The second-order valence-corrected chi connectivity index (χ2v) is 7.96. The minimum absolute atomic E-state index is 0. The van der Waals surface area contributed by atoms with Crippen LogP contribution in [-0.2, 0) is 31.3 Å². The number of aliphatic hydroxyl groups excluding tert-OH is 1. The number of hydrogen-bond acceptors (Lipinski definition) is 3. The number of hydrogen-bond donors (Lipinski definition) is 1. The Morgan fingerprint density at radius 1 is 1.13 bits per heavy atom. The van der Waals surface area contributed by atoms with Crippen LogP contribution >= 0.6 is 0 Å². The van der Waals surface area contributed by atoms with E-state index in [1.165, 1.54) is 41.8 Å². The van der Waals surface area contributed by atoms with Crippen LogP contribution in [0.1, 0.15) is 44.4 Å². The Bertz CT molecular complexity index is 1010. The molecule has 0 spiro atoms. The summed E-state index contributed by atoms with van der Waals surface area (Å²) in [6.07, 6.45) is 4.19. The molecule has 2 aromatic carbocycles. The van der Waals surface area contributed by atoms with Gasteiger partial charge in [0.25, 0.3) is 0 Å². The fraction of sp³-hybridized carbons (Fsp3) is 0.308. The Kier molecular flexibility index (Phi) is 10.1. The molecule has 0 aliphatic heterocycles. The first kappa shape index (κ1) is 25.7. The molecule has 0 bridgehead atoms. The molecule has 4 heteroatoms. The number of aryl methyl sites for hydroxylation is 2. The normalized spacial score (nSPS) is 11.0. The van der Waals surface area contributed by atoms with Crippen molar-refractivity contribution in [2.24, 2.45) is 5.92 Å². The number of ketones is 1. The summed E-state index contributed by atoms with van der Waals surface area (Å²) in [7, 11) is 0. The van der Waals surface area contributed by atoms with Crippen LogP contribution < -0.4 is 0 Å². The minimum atomic E-state index is -0.125. The van der Waals surface area contributed by atoms with E-state index in [2.05, 4.69) is 75.1 Å². The fourth-order valence-electron chi connectivity index (χ4n) is 3.36. The zero-order chi connectivity index (χ0) is 21.6. The predicted octanol–water partition coefficient (Wildman–Crippen LogP) is 6.55. The minimum Gasteiger partial charge on any atom is -0.512 e. The molecule has 1 heterocycles. The molecule has 0 unspecified atom stereocenters. The summed E-state index contributed by atoms with van der Waals surface area (Å²) < 4.78 is 0. The summed E-state index contributed by atoms with van der Waals surface area (Å²) in [5.41, 5.74) is 5.91. The van der Waals surface area contributed by atoms with Crippen molar-refractivity contribution < 1.29 is 30.0 Å². The molecule has 0 saturated heterocycles. The molecule has 3 rings (SSSR count). The van der Waals surface area contributed by atoms with E-state index in [0.717, 1.165) is 23.2 Å². The van der Waals surface area contributed by atoms with Gasteiger partial charge in [-0.3, -0.25) is 4.79 Å². The van der Waals surface area contributed by atoms with Crippen LogP contribution in [-0.4, -0.2) is 15.9 Å². The molecule has 1 N–H and O–H groups in total. The largest absolute Gasteiger partial charge is 0.512 e. The Hall–Kier alpha value is -2.29. The molecule has 0 atom stereocenters. The van der Waals surface area contributed by atoms with E-state index < -0.39 is 0 Å². The standard InChI is InChI=1S/C21H22N.C5H8O2.Ir/c1-14(2)9-17-5-6-20-18(13-17)7-8-22-21(20)19-11-15(3)10-16(4)12-19;1-4(6)3-5(2)7;/h5-8,10-11,13-14H,9H2,1-4H3;3,6H,1-2H3;/q-1;;/b;4-3-;. The molecule has 1 radical (unpaired) electrons. The Labute approximate surface area is 193 Å². The first-order chi connectivity index (χ1) is 13.7. The number of pyridine rings is 1. The van der Waals surface area contributed by atoms with Crippen molar-refractivity contribution in [2.45, 2.75) is 48.0 Å². The predicted molar refractivity (Wildman–Crippen MR) is 121 cm³/mol. The summed E-state index contributed by atoms with van der Waals surface area (Å²) >= 11 is 0. The third-order valence-electron chi connectivity index (χ3n) is 4.29. The molecule has 0 aliphatic carbocycles. The molecule has 0 saturated carbocycles. The summed E-state index contributed by atoms with van der Waals surface area (Å²) in [4.78, 5) is 14.6. The average molecular weight is 581 g/mol. The van der Waals surface area contributed by atoms with Gasteiger partial charge >= 0.3 is 0 Å². The van der Waals surface area contributed by atoms with Crippen molar-refractivity contribution in [2.75, 3.05) is 0 Å². The van der Waals surface area contributed by atoms with Crippen LogP contribution in [0.2, 0.25) is 0 Å². The smallest absolute Gasteiger partial charge is 0.155 e. The van der Waals surface area contributed by atoms with Crippen LogP contribution in [0.5, 0.6) is 0 Å². The van der Waals surface area contributed by atoms with Crippen LogP contribution in [0.4, 0.5) is 0 Å². The van der Waals surface area contributed by atoms with Crippen molar-refractivity contribution in [1.29, 1.82) is 0 Å². The number of nitrogens with zero attached hydrogens (tertiary/aromatic N) is 1. The van der Waals surface area contributed by atoms with Gasteiger partial charge in [-0.2, -0.15) is 0 Å².